The zero-order valence-electron chi connectivity index (χ0n) is 6.74. The Morgan fingerprint density at radius 3 is 2.62 bits per heavy atom. The second-order valence-corrected chi connectivity index (χ2v) is 3.35. The van der Waals surface area contributed by atoms with Gasteiger partial charge in [-0.3, -0.25) is 10.1 Å². The number of hydrogen-bond acceptors (Lipinski definition) is 3. The van der Waals surface area contributed by atoms with Gasteiger partial charge in [0.05, 0.1) is 21.0 Å². The highest BCUT2D eigenvalue weighted by atomic mass is 79.9. The molecule has 13 heavy (non-hydrogen) atoms. The molecule has 0 unspecified atom stereocenters. The van der Waals surface area contributed by atoms with Crippen LogP contribution >= 0.6 is 15.9 Å². The van der Waals surface area contributed by atoms with Gasteiger partial charge in [-0.15, -0.1) is 0 Å². The fourth-order valence-electron chi connectivity index (χ4n) is 1.03. The van der Waals surface area contributed by atoms with Gasteiger partial charge in [0.2, 0.25) is 0 Å². The summed E-state index contributed by atoms with van der Waals surface area (Å²) in [6.45, 7) is 1.60. The Morgan fingerprint density at radius 1 is 1.62 bits per heavy atom. The molecule has 5 heteroatoms. The van der Waals surface area contributed by atoms with Crippen molar-refractivity contribution < 1.29 is 4.92 Å². The van der Waals surface area contributed by atoms with Crippen LogP contribution in [0.4, 0.5) is 5.69 Å². The van der Waals surface area contributed by atoms with E-state index in [2.05, 4.69) is 15.9 Å². The van der Waals surface area contributed by atoms with Crippen LogP contribution in [-0.4, -0.2) is 4.92 Å². The van der Waals surface area contributed by atoms with Crippen molar-refractivity contribution in [3.05, 3.63) is 37.8 Å². The molecule has 0 fully saturated rings. The second-order valence-electron chi connectivity index (χ2n) is 2.49. The van der Waals surface area contributed by atoms with Crippen LogP contribution in [0.5, 0.6) is 0 Å². The molecule has 1 aromatic rings. The van der Waals surface area contributed by atoms with E-state index >= 15 is 0 Å². The van der Waals surface area contributed by atoms with Crippen molar-refractivity contribution in [2.75, 3.05) is 0 Å². The van der Waals surface area contributed by atoms with Crippen LogP contribution in [0.2, 0.25) is 0 Å². The molecule has 0 aliphatic heterocycles. The van der Waals surface area contributed by atoms with E-state index in [9.17, 15) is 10.1 Å². The van der Waals surface area contributed by atoms with Gasteiger partial charge in [0.1, 0.15) is 0 Å². The smallest absolute Gasteiger partial charge is 0.258 e. The molecule has 66 valence electrons. The molecule has 0 aliphatic rings. The fourth-order valence-corrected chi connectivity index (χ4v) is 1.74. The Balaban J connectivity index is 3.42. The van der Waals surface area contributed by atoms with Crippen molar-refractivity contribution in [3.63, 3.8) is 0 Å². The number of nitrogens with zero attached hydrogens (tertiary/aromatic N) is 2. The first-order chi connectivity index (χ1) is 6.06. The molecule has 0 atom stereocenters. The molecule has 0 spiro atoms. The SMILES string of the molecule is Cc1cc(C#N)cc(Br)c1[N+](=O)[O-]. The molecule has 0 heterocycles. The minimum Gasteiger partial charge on any atom is -0.258 e. The van der Waals surface area contributed by atoms with E-state index in [1.165, 1.54) is 12.1 Å². The predicted octanol–water partition coefficient (Wildman–Crippen LogP) is 2.54. The van der Waals surface area contributed by atoms with Gasteiger partial charge in [0.25, 0.3) is 5.69 Å². The lowest BCUT2D eigenvalue weighted by Crippen LogP contribution is -1.93. The van der Waals surface area contributed by atoms with Gasteiger partial charge in [0.15, 0.2) is 0 Å². The van der Waals surface area contributed by atoms with Crippen molar-refractivity contribution in [2.45, 2.75) is 6.92 Å². The zero-order chi connectivity index (χ0) is 10.0. The van der Waals surface area contributed by atoms with E-state index in [-0.39, 0.29) is 5.69 Å². The third kappa shape index (κ3) is 1.84. The van der Waals surface area contributed by atoms with Gasteiger partial charge in [0, 0.05) is 5.56 Å². The van der Waals surface area contributed by atoms with E-state index in [1.807, 2.05) is 6.07 Å². The summed E-state index contributed by atoms with van der Waals surface area (Å²) in [7, 11) is 0. The number of nitro benzene ring substituents is 1. The molecule has 0 aromatic heterocycles. The summed E-state index contributed by atoms with van der Waals surface area (Å²) >= 11 is 3.05. The van der Waals surface area contributed by atoms with Crippen molar-refractivity contribution in [3.8, 4) is 6.07 Å². The summed E-state index contributed by atoms with van der Waals surface area (Å²) in [6.07, 6.45) is 0. The number of nitro groups is 1. The first-order valence-electron chi connectivity index (χ1n) is 3.41. The Labute approximate surface area is 83.1 Å². The maximum Gasteiger partial charge on any atom is 0.286 e. The van der Waals surface area contributed by atoms with Crippen molar-refractivity contribution in [2.24, 2.45) is 0 Å². The van der Waals surface area contributed by atoms with E-state index in [0.29, 0.717) is 15.6 Å². The van der Waals surface area contributed by atoms with Crippen LogP contribution in [0, 0.1) is 28.4 Å². The van der Waals surface area contributed by atoms with Crippen LogP contribution in [0.25, 0.3) is 0 Å². The summed E-state index contributed by atoms with van der Waals surface area (Å²) in [5.74, 6) is 0. The summed E-state index contributed by atoms with van der Waals surface area (Å²) in [5, 5.41) is 19.1. The molecule has 0 saturated carbocycles. The van der Waals surface area contributed by atoms with E-state index in [0.717, 1.165) is 0 Å². The zero-order valence-corrected chi connectivity index (χ0v) is 8.33. The van der Waals surface area contributed by atoms with Crippen molar-refractivity contribution in [1.82, 2.24) is 0 Å². The number of nitriles is 1. The number of rotatable bonds is 1. The van der Waals surface area contributed by atoms with Gasteiger partial charge < -0.3 is 0 Å². The largest absolute Gasteiger partial charge is 0.286 e. The molecule has 0 bridgehead atoms. The molecule has 0 aliphatic carbocycles. The minimum atomic E-state index is -0.472. The topological polar surface area (TPSA) is 66.9 Å². The standard InChI is InChI=1S/C8H5BrN2O2/c1-5-2-6(4-10)3-7(9)8(5)11(12)13/h2-3H,1H3. The van der Waals surface area contributed by atoms with Crippen LogP contribution in [0.15, 0.2) is 16.6 Å². The van der Waals surface area contributed by atoms with Gasteiger partial charge in [-0.05, 0) is 35.0 Å². The van der Waals surface area contributed by atoms with Crippen LogP contribution in [-0.2, 0) is 0 Å². The molecule has 0 N–H and O–H groups in total. The lowest BCUT2D eigenvalue weighted by Gasteiger charge is -1.99. The Morgan fingerprint density at radius 2 is 2.23 bits per heavy atom. The summed E-state index contributed by atoms with van der Waals surface area (Å²) < 4.78 is 0.342. The highest BCUT2D eigenvalue weighted by Crippen LogP contribution is 2.29. The third-order valence-corrected chi connectivity index (χ3v) is 2.17. The Bertz CT molecular complexity index is 386. The minimum absolute atomic E-state index is 0.0130. The third-order valence-electron chi connectivity index (χ3n) is 1.57. The molecular weight excluding hydrogens is 236 g/mol. The number of benzene rings is 1. The van der Waals surface area contributed by atoms with E-state index in [4.69, 9.17) is 5.26 Å². The quantitative estimate of drug-likeness (QED) is 0.560. The molecule has 1 rings (SSSR count). The average Bonchev–Trinajstić information content (AvgIpc) is 2.02. The monoisotopic (exact) mass is 240 g/mol. The molecule has 4 nitrogen and oxygen atoms in total. The number of aryl methyl sites for hydroxylation is 1. The second kappa shape index (κ2) is 3.54. The summed E-state index contributed by atoms with van der Waals surface area (Å²) in [5.41, 5.74) is 0.907. The maximum atomic E-state index is 10.5. The first-order valence-corrected chi connectivity index (χ1v) is 4.20. The highest BCUT2D eigenvalue weighted by Gasteiger charge is 2.16. The van der Waals surface area contributed by atoms with Crippen LogP contribution in [0.1, 0.15) is 11.1 Å². The normalized spacial score (nSPS) is 9.31. The molecule has 0 saturated heterocycles. The van der Waals surface area contributed by atoms with E-state index < -0.39 is 4.92 Å². The lowest BCUT2D eigenvalue weighted by molar-refractivity contribution is -0.386. The molecular formula is C8H5BrN2O2. The predicted molar refractivity (Wildman–Crippen MR) is 50.2 cm³/mol. The van der Waals surface area contributed by atoms with Gasteiger partial charge in [-0.2, -0.15) is 5.26 Å². The van der Waals surface area contributed by atoms with Crippen molar-refractivity contribution >= 4 is 21.6 Å². The Kier molecular flexibility index (Phi) is 2.63. The summed E-state index contributed by atoms with van der Waals surface area (Å²) in [6, 6.07) is 4.85. The van der Waals surface area contributed by atoms with Crippen LogP contribution in [0.3, 0.4) is 0 Å². The Hall–Kier alpha value is -1.41. The maximum absolute atomic E-state index is 10.5. The van der Waals surface area contributed by atoms with Gasteiger partial charge in [-0.25, -0.2) is 0 Å². The number of hydrogen-bond donors (Lipinski definition) is 0. The number of halogens is 1. The molecule has 0 radical (unpaired) electrons. The van der Waals surface area contributed by atoms with Gasteiger partial charge in [-0.1, -0.05) is 0 Å². The van der Waals surface area contributed by atoms with Crippen molar-refractivity contribution in [1.29, 1.82) is 5.26 Å². The fraction of sp³-hybridized carbons (Fsp3) is 0.125. The molecule has 1 aromatic carbocycles. The molecule has 0 amide bonds. The lowest BCUT2D eigenvalue weighted by atomic mass is 10.1. The highest BCUT2D eigenvalue weighted by molar-refractivity contribution is 9.10. The average molecular weight is 241 g/mol. The van der Waals surface area contributed by atoms with Crippen LogP contribution < -0.4 is 0 Å². The first kappa shape index (κ1) is 9.68. The van der Waals surface area contributed by atoms with Gasteiger partial charge >= 0.3 is 0 Å². The van der Waals surface area contributed by atoms with E-state index in [1.54, 1.807) is 6.92 Å². The summed E-state index contributed by atoms with van der Waals surface area (Å²) in [4.78, 5) is 10.1.